The van der Waals surface area contributed by atoms with Gasteiger partial charge in [-0.15, -0.1) is 0 Å². The van der Waals surface area contributed by atoms with Crippen LogP contribution in [0.3, 0.4) is 0 Å². The Balaban J connectivity index is 1.69. The van der Waals surface area contributed by atoms with Crippen LogP contribution in [0.4, 0.5) is 4.39 Å². The van der Waals surface area contributed by atoms with Crippen LogP contribution >= 0.6 is 15.9 Å². The molecule has 8 heteroatoms. The van der Waals surface area contributed by atoms with Gasteiger partial charge in [0.1, 0.15) is 12.7 Å². The van der Waals surface area contributed by atoms with Gasteiger partial charge in [-0.2, -0.15) is 0 Å². The van der Waals surface area contributed by atoms with Crippen LogP contribution in [0.5, 0.6) is 0 Å². The Bertz CT molecular complexity index is 798. The monoisotopic (exact) mass is 438 g/mol. The molecule has 0 radical (unpaired) electrons. The van der Waals surface area contributed by atoms with Crippen molar-refractivity contribution in [2.75, 3.05) is 6.61 Å². The molecule has 0 aromatic heterocycles. The van der Waals surface area contributed by atoms with E-state index in [4.69, 9.17) is 14.2 Å². The third-order valence-corrected chi connectivity index (χ3v) is 4.84. The molecule has 0 saturated carbocycles. The number of halogens is 2. The molecule has 1 heterocycles. The Morgan fingerprint density at radius 2 is 1.56 bits per heavy atom. The second-order valence-corrected chi connectivity index (χ2v) is 6.71. The van der Waals surface area contributed by atoms with Gasteiger partial charge in [0.2, 0.25) is 0 Å². The fourth-order valence-electron chi connectivity index (χ4n) is 2.57. The van der Waals surface area contributed by atoms with Gasteiger partial charge in [0.15, 0.2) is 11.1 Å². The molecule has 0 spiro atoms. The molecule has 1 N–H and O–H groups in total. The molecule has 1 saturated heterocycles. The fourth-order valence-corrected chi connectivity index (χ4v) is 3.11. The summed E-state index contributed by atoms with van der Waals surface area (Å²) in [6.45, 7) is -0.408. The molecular weight excluding hydrogens is 423 g/mol. The predicted octanol–water partition coefficient (Wildman–Crippen LogP) is 2.85. The number of alkyl halides is 2. The molecule has 3 rings (SSSR count). The van der Waals surface area contributed by atoms with E-state index in [0.717, 1.165) is 0 Å². The maximum atomic E-state index is 14.6. The SMILES string of the molecule is O=C(OC[C@H]1O[C@H](Br)[C@](O)(F)[C@@H]1OC(=O)c1ccccc1)c1ccccc1. The van der Waals surface area contributed by atoms with Crippen LogP contribution in [0.2, 0.25) is 0 Å². The zero-order chi connectivity index (χ0) is 19.4. The van der Waals surface area contributed by atoms with Crippen molar-refractivity contribution in [3.05, 3.63) is 71.8 Å². The number of ether oxygens (including phenoxy) is 3. The van der Waals surface area contributed by atoms with Crippen LogP contribution in [0.15, 0.2) is 60.7 Å². The summed E-state index contributed by atoms with van der Waals surface area (Å²) < 4.78 is 30.1. The molecule has 0 unspecified atom stereocenters. The van der Waals surface area contributed by atoms with E-state index >= 15 is 0 Å². The van der Waals surface area contributed by atoms with Gasteiger partial charge in [0.25, 0.3) is 5.85 Å². The largest absolute Gasteiger partial charge is 0.459 e. The summed E-state index contributed by atoms with van der Waals surface area (Å²) >= 11 is 2.86. The van der Waals surface area contributed by atoms with Gasteiger partial charge in [0, 0.05) is 0 Å². The van der Waals surface area contributed by atoms with E-state index in [0.29, 0.717) is 5.56 Å². The predicted molar refractivity (Wildman–Crippen MR) is 96.0 cm³/mol. The van der Waals surface area contributed by atoms with Crippen LogP contribution in [0, 0.1) is 0 Å². The highest BCUT2D eigenvalue weighted by molar-refractivity contribution is 9.09. The number of benzene rings is 2. The van der Waals surface area contributed by atoms with Gasteiger partial charge in [-0.1, -0.05) is 52.3 Å². The molecular formula is C19H16BrFO6. The van der Waals surface area contributed by atoms with E-state index in [-0.39, 0.29) is 5.56 Å². The molecule has 0 aliphatic carbocycles. The van der Waals surface area contributed by atoms with Gasteiger partial charge >= 0.3 is 11.9 Å². The summed E-state index contributed by atoms with van der Waals surface area (Å²) in [6.07, 6.45) is -2.87. The lowest BCUT2D eigenvalue weighted by atomic mass is 10.1. The first-order valence-electron chi connectivity index (χ1n) is 8.08. The van der Waals surface area contributed by atoms with Crippen LogP contribution in [0.1, 0.15) is 20.7 Å². The van der Waals surface area contributed by atoms with Crippen LogP contribution in [-0.2, 0) is 14.2 Å². The average Bonchev–Trinajstić information content (AvgIpc) is 2.90. The molecule has 6 nitrogen and oxygen atoms in total. The molecule has 1 aliphatic rings. The molecule has 0 amide bonds. The fraction of sp³-hybridized carbons (Fsp3) is 0.263. The van der Waals surface area contributed by atoms with E-state index in [1.54, 1.807) is 48.5 Å². The Labute approximate surface area is 163 Å². The van der Waals surface area contributed by atoms with Crippen molar-refractivity contribution >= 4 is 27.9 Å². The van der Waals surface area contributed by atoms with Gasteiger partial charge in [-0.05, 0) is 24.3 Å². The maximum absolute atomic E-state index is 14.6. The van der Waals surface area contributed by atoms with Crippen molar-refractivity contribution in [1.29, 1.82) is 0 Å². The number of esters is 2. The molecule has 1 aliphatic heterocycles. The normalized spacial score (nSPS) is 27.1. The minimum Gasteiger partial charge on any atom is -0.459 e. The summed E-state index contributed by atoms with van der Waals surface area (Å²) in [4.78, 5) is 24.3. The van der Waals surface area contributed by atoms with Crippen molar-refractivity contribution in [3.8, 4) is 0 Å². The third kappa shape index (κ3) is 4.35. The van der Waals surface area contributed by atoms with Gasteiger partial charge in [-0.25, -0.2) is 14.0 Å². The number of aliphatic hydroxyl groups is 1. The van der Waals surface area contributed by atoms with Gasteiger partial charge in [-0.3, -0.25) is 0 Å². The molecule has 2 aromatic carbocycles. The van der Waals surface area contributed by atoms with E-state index in [1.165, 1.54) is 12.1 Å². The zero-order valence-electron chi connectivity index (χ0n) is 14.0. The topological polar surface area (TPSA) is 82.1 Å². The first kappa shape index (κ1) is 19.5. The second-order valence-electron chi connectivity index (χ2n) is 5.87. The third-order valence-electron chi connectivity index (χ3n) is 3.98. The minimum atomic E-state index is -2.99. The standard InChI is InChI=1S/C19H16BrFO6/c20-18-19(21,24)15(27-17(23)13-9-5-2-6-10-13)14(26-18)11-25-16(22)12-7-3-1-4-8-12/h1-10,14-15,18,24H,11H2/t14-,15-,18+,19+/m1/s1. The molecule has 2 aromatic rings. The summed E-state index contributed by atoms with van der Waals surface area (Å²) in [5.74, 6) is -4.47. The Hall–Kier alpha value is -2.29. The molecule has 1 fully saturated rings. The Kier molecular flexibility index (Phi) is 5.88. The van der Waals surface area contributed by atoms with E-state index in [2.05, 4.69) is 15.9 Å². The number of hydrogen-bond donors (Lipinski definition) is 1. The summed E-state index contributed by atoms with van der Waals surface area (Å²) in [7, 11) is 0. The first-order chi connectivity index (χ1) is 12.9. The number of carbonyl (C=O) groups excluding carboxylic acids is 2. The second kappa shape index (κ2) is 8.16. The lowest BCUT2D eigenvalue weighted by Crippen LogP contribution is -2.46. The smallest absolute Gasteiger partial charge is 0.338 e. The molecule has 0 bridgehead atoms. The van der Waals surface area contributed by atoms with Crippen molar-refractivity contribution in [3.63, 3.8) is 0 Å². The average molecular weight is 439 g/mol. The van der Waals surface area contributed by atoms with Crippen LogP contribution < -0.4 is 0 Å². The van der Waals surface area contributed by atoms with Crippen molar-refractivity contribution in [1.82, 2.24) is 0 Å². The van der Waals surface area contributed by atoms with Crippen molar-refractivity contribution < 1.29 is 33.3 Å². The number of rotatable bonds is 5. The molecule has 142 valence electrons. The minimum absolute atomic E-state index is 0.186. The Morgan fingerprint density at radius 1 is 1.04 bits per heavy atom. The highest BCUT2D eigenvalue weighted by atomic mass is 79.9. The highest BCUT2D eigenvalue weighted by Crippen LogP contribution is 2.38. The van der Waals surface area contributed by atoms with Crippen LogP contribution in [-0.4, -0.2) is 46.7 Å². The van der Waals surface area contributed by atoms with E-state index in [9.17, 15) is 19.1 Å². The first-order valence-corrected chi connectivity index (χ1v) is 9.00. The summed E-state index contributed by atoms with van der Waals surface area (Å²) in [6, 6.07) is 16.1. The maximum Gasteiger partial charge on any atom is 0.338 e. The number of hydrogen-bond acceptors (Lipinski definition) is 6. The van der Waals surface area contributed by atoms with Gasteiger partial charge in [0.05, 0.1) is 11.1 Å². The van der Waals surface area contributed by atoms with E-state index in [1.807, 2.05) is 0 Å². The number of carbonyl (C=O) groups is 2. The highest BCUT2D eigenvalue weighted by Gasteiger charge is 2.59. The molecule has 4 atom stereocenters. The Morgan fingerprint density at radius 3 is 2.11 bits per heavy atom. The summed E-state index contributed by atoms with van der Waals surface area (Å²) in [5.41, 5.74) is 0.491. The lowest BCUT2D eigenvalue weighted by Gasteiger charge is -2.24. The lowest BCUT2D eigenvalue weighted by molar-refractivity contribution is -0.155. The van der Waals surface area contributed by atoms with Crippen LogP contribution in [0.25, 0.3) is 0 Å². The summed E-state index contributed by atoms with van der Waals surface area (Å²) in [5, 5.41) is 8.57. The quantitative estimate of drug-likeness (QED) is 0.570. The van der Waals surface area contributed by atoms with Gasteiger partial charge < -0.3 is 19.3 Å². The zero-order valence-corrected chi connectivity index (χ0v) is 15.5. The van der Waals surface area contributed by atoms with Crippen molar-refractivity contribution in [2.24, 2.45) is 0 Å². The molecule has 27 heavy (non-hydrogen) atoms. The van der Waals surface area contributed by atoms with E-state index < -0.39 is 41.6 Å². The van der Waals surface area contributed by atoms with Crippen molar-refractivity contribution in [2.45, 2.75) is 23.1 Å².